The monoisotopic (exact) mass is 275 g/mol. The summed E-state index contributed by atoms with van der Waals surface area (Å²) in [6, 6.07) is 2.70. The highest BCUT2D eigenvalue weighted by atomic mass is 16.5. The lowest BCUT2D eigenvalue weighted by molar-refractivity contribution is 0.0898. The summed E-state index contributed by atoms with van der Waals surface area (Å²) >= 11 is 0. The van der Waals surface area contributed by atoms with Crippen LogP contribution in [0.5, 0.6) is 0 Å². The highest BCUT2D eigenvalue weighted by molar-refractivity contribution is 5.10. The highest BCUT2D eigenvalue weighted by Crippen LogP contribution is 2.30. The number of hydrogen-bond donors (Lipinski definition) is 2. The Kier molecular flexibility index (Phi) is 3.84. The van der Waals surface area contributed by atoms with Crippen molar-refractivity contribution in [2.45, 2.75) is 45.0 Å². The van der Waals surface area contributed by atoms with Crippen molar-refractivity contribution in [3.63, 3.8) is 0 Å². The van der Waals surface area contributed by atoms with Gasteiger partial charge in [0.1, 0.15) is 11.9 Å². The van der Waals surface area contributed by atoms with E-state index in [1.807, 2.05) is 17.1 Å². The number of nitrogens with zero attached hydrogens (tertiary/aromatic N) is 3. The zero-order valence-electron chi connectivity index (χ0n) is 11.9. The first-order valence-electron chi connectivity index (χ1n) is 7.12. The molecule has 2 atom stereocenters. The van der Waals surface area contributed by atoms with Crippen LogP contribution in [-0.4, -0.2) is 32.4 Å². The van der Waals surface area contributed by atoms with Gasteiger partial charge in [0.05, 0.1) is 12.2 Å². The molecular formula is C14H21N5O. The minimum Gasteiger partial charge on any atom is -0.370 e. The fourth-order valence-corrected chi connectivity index (χ4v) is 2.69. The normalized spacial score (nSPS) is 22.8. The Balaban J connectivity index is 1.70. The van der Waals surface area contributed by atoms with Gasteiger partial charge in [-0.25, -0.2) is 4.98 Å². The molecule has 0 bridgehead atoms. The molecular weight excluding hydrogens is 254 g/mol. The Morgan fingerprint density at radius 3 is 3.15 bits per heavy atom. The van der Waals surface area contributed by atoms with E-state index >= 15 is 0 Å². The van der Waals surface area contributed by atoms with Crippen molar-refractivity contribution in [3.8, 4) is 0 Å². The number of rotatable bonds is 5. The van der Waals surface area contributed by atoms with Gasteiger partial charge in [-0.2, -0.15) is 5.10 Å². The van der Waals surface area contributed by atoms with Gasteiger partial charge in [-0.05, 0) is 26.3 Å². The standard InChI is InChI=1S/C14H21N5O/c1-10(2)19-12(3-5-18-19)14-11(4-8-20-14)17-9-13-15-6-7-16-13/h3,5-7,10-11,14,17H,4,8-9H2,1-2H3,(H,15,16)/t11-,14-/m0/s1. The molecule has 2 aromatic heterocycles. The average molecular weight is 275 g/mol. The number of aromatic amines is 1. The Bertz CT molecular complexity index is 534. The lowest BCUT2D eigenvalue weighted by Gasteiger charge is -2.22. The summed E-state index contributed by atoms with van der Waals surface area (Å²) in [6.45, 7) is 5.78. The fraction of sp³-hybridized carbons (Fsp3) is 0.571. The van der Waals surface area contributed by atoms with E-state index in [0.29, 0.717) is 12.1 Å². The summed E-state index contributed by atoms with van der Waals surface area (Å²) in [4.78, 5) is 7.34. The highest BCUT2D eigenvalue weighted by Gasteiger charge is 2.32. The maximum absolute atomic E-state index is 5.92. The van der Waals surface area contributed by atoms with E-state index in [-0.39, 0.29) is 6.10 Å². The van der Waals surface area contributed by atoms with Crippen LogP contribution in [0.15, 0.2) is 24.7 Å². The third-order valence-electron chi connectivity index (χ3n) is 3.66. The number of aromatic nitrogens is 4. The quantitative estimate of drug-likeness (QED) is 0.873. The zero-order valence-corrected chi connectivity index (χ0v) is 11.9. The van der Waals surface area contributed by atoms with Crippen molar-refractivity contribution in [1.82, 2.24) is 25.1 Å². The molecule has 2 N–H and O–H groups in total. The van der Waals surface area contributed by atoms with Gasteiger partial charge in [-0.3, -0.25) is 4.68 Å². The van der Waals surface area contributed by atoms with Crippen LogP contribution < -0.4 is 5.32 Å². The zero-order chi connectivity index (χ0) is 13.9. The minimum atomic E-state index is 0.0647. The molecule has 0 radical (unpaired) electrons. The van der Waals surface area contributed by atoms with Gasteiger partial charge in [0.25, 0.3) is 0 Å². The molecule has 0 saturated carbocycles. The summed E-state index contributed by atoms with van der Waals surface area (Å²) in [7, 11) is 0. The summed E-state index contributed by atoms with van der Waals surface area (Å²) in [5, 5.41) is 7.92. The topological polar surface area (TPSA) is 67.8 Å². The van der Waals surface area contributed by atoms with Crippen LogP contribution in [0, 0.1) is 0 Å². The Morgan fingerprint density at radius 2 is 2.40 bits per heavy atom. The molecule has 1 saturated heterocycles. The van der Waals surface area contributed by atoms with Gasteiger partial charge in [0, 0.05) is 37.3 Å². The van der Waals surface area contributed by atoms with Crippen molar-refractivity contribution in [1.29, 1.82) is 0 Å². The number of ether oxygens (including phenoxy) is 1. The maximum Gasteiger partial charge on any atom is 0.120 e. The molecule has 1 fully saturated rings. The SMILES string of the molecule is CC(C)n1nccc1[C@H]1OCC[C@@H]1NCc1ncc[nH]1. The van der Waals surface area contributed by atoms with Crippen molar-refractivity contribution in [2.24, 2.45) is 0 Å². The summed E-state index contributed by atoms with van der Waals surface area (Å²) in [5.74, 6) is 0.952. The minimum absolute atomic E-state index is 0.0647. The second-order valence-corrected chi connectivity index (χ2v) is 5.40. The molecule has 6 nitrogen and oxygen atoms in total. The second-order valence-electron chi connectivity index (χ2n) is 5.40. The van der Waals surface area contributed by atoms with Crippen LogP contribution in [0.1, 0.15) is 43.9 Å². The second kappa shape index (κ2) is 5.76. The van der Waals surface area contributed by atoms with Crippen molar-refractivity contribution in [3.05, 3.63) is 36.2 Å². The van der Waals surface area contributed by atoms with Gasteiger partial charge in [0.2, 0.25) is 0 Å². The third-order valence-corrected chi connectivity index (χ3v) is 3.66. The maximum atomic E-state index is 5.92. The predicted molar refractivity (Wildman–Crippen MR) is 75.1 cm³/mol. The largest absolute Gasteiger partial charge is 0.370 e. The molecule has 20 heavy (non-hydrogen) atoms. The van der Waals surface area contributed by atoms with Crippen molar-refractivity contribution < 1.29 is 4.74 Å². The summed E-state index contributed by atoms with van der Waals surface area (Å²) < 4.78 is 7.96. The molecule has 0 unspecified atom stereocenters. The molecule has 2 aromatic rings. The van der Waals surface area contributed by atoms with Crippen LogP contribution in [0.4, 0.5) is 0 Å². The molecule has 0 amide bonds. The summed E-state index contributed by atoms with van der Waals surface area (Å²) in [6.07, 6.45) is 6.53. The van der Waals surface area contributed by atoms with Gasteiger partial charge in [0.15, 0.2) is 0 Å². The van der Waals surface area contributed by atoms with Crippen LogP contribution in [-0.2, 0) is 11.3 Å². The number of H-pyrrole nitrogens is 1. The van der Waals surface area contributed by atoms with Crippen molar-refractivity contribution in [2.75, 3.05) is 6.61 Å². The van der Waals surface area contributed by atoms with Crippen molar-refractivity contribution >= 4 is 0 Å². The Morgan fingerprint density at radius 1 is 1.50 bits per heavy atom. The van der Waals surface area contributed by atoms with E-state index in [1.54, 1.807) is 6.20 Å². The fourth-order valence-electron chi connectivity index (χ4n) is 2.69. The lowest BCUT2D eigenvalue weighted by Crippen LogP contribution is -2.32. The van der Waals surface area contributed by atoms with E-state index in [0.717, 1.165) is 31.1 Å². The molecule has 0 aliphatic carbocycles. The first-order valence-corrected chi connectivity index (χ1v) is 7.12. The molecule has 1 aliphatic rings. The predicted octanol–water partition coefficient (Wildman–Crippen LogP) is 1.81. The molecule has 0 spiro atoms. The van der Waals surface area contributed by atoms with Gasteiger partial charge in [-0.15, -0.1) is 0 Å². The molecule has 1 aliphatic heterocycles. The first kappa shape index (κ1) is 13.3. The van der Waals surface area contributed by atoms with E-state index < -0.39 is 0 Å². The first-order chi connectivity index (χ1) is 9.75. The van der Waals surface area contributed by atoms with Crippen LogP contribution in [0.3, 0.4) is 0 Å². The smallest absolute Gasteiger partial charge is 0.120 e. The number of hydrogen-bond acceptors (Lipinski definition) is 4. The molecule has 0 aromatic carbocycles. The molecule has 3 rings (SSSR count). The average Bonchev–Trinajstić information content (AvgIpc) is 3.16. The molecule has 3 heterocycles. The summed E-state index contributed by atoms with van der Waals surface area (Å²) in [5.41, 5.74) is 1.15. The van der Waals surface area contributed by atoms with E-state index in [2.05, 4.69) is 40.3 Å². The van der Waals surface area contributed by atoms with Gasteiger partial charge in [-0.1, -0.05) is 0 Å². The van der Waals surface area contributed by atoms with Crippen LogP contribution >= 0.6 is 0 Å². The number of nitrogens with one attached hydrogen (secondary N) is 2. The van der Waals surface area contributed by atoms with Gasteiger partial charge < -0.3 is 15.0 Å². The Hall–Kier alpha value is -1.66. The van der Waals surface area contributed by atoms with Crippen LogP contribution in [0.25, 0.3) is 0 Å². The molecule has 6 heteroatoms. The van der Waals surface area contributed by atoms with Crippen LogP contribution in [0.2, 0.25) is 0 Å². The van der Waals surface area contributed by atoms with E-state index in [9.17, 15) is 0 Å². The number of imidazole rings is 1. The van der Waals surface area contributed by atoms with Gasteiger partial charge >= 0.3 is 0 Å². The van der Waals surface area contributed by atoms with E-state index in [1.165, 1.54) is 0 Å². The lowest BCUT2D eigenvalue weighted by atomic mass is 10.1. The molecule has 108 valence electrons. The van der Waals surface area contributed by atoms with E-state index in [4.69, 9.17) is 4.74 Å². The Labute approximate surface area is 118 Å². The third kappa shape index (κ3) is 2.62.